The molecule has 1 unspecified atom stereocenters. The summed E-state index contributed by atoms with van der Waals surface area (Å²) in [6, 6.07) is 7.00. The van der Waals surface area contributed by atoms with Crippen LogP contribution >= 0.6 is 22.6 Å². The Kier molecular flexibility index (Phi) is 3.28. The van der Waals surface area contributed by atoms with Crippen LogP contribution in [0.25, 0.3) is 0 Å². The van der Waals surface area contributed by atoms with Gasteiger partial charge in [-0.15, -0.1) is 0 Å². The predicted molar refractivity (Wildman–Crippen MR) is 85.3 cm³/mol. The van der Waals surface area contributed by atoms with Crippen molar-refractivity contribution in [2.75, 3.05) is 11.5 Å². The second kappa shape index (κ2) is 4.73. The van der Waals surface area contributed by atoms with Crippen LogP contribution in [0.4, 0.5) is 5.82 Å². The standard InChI is InChI=1S/C13H14IN3O2S/c1-8-12(14)13(15)17(16-8)10-6-7-20(18,19)11-5-3-2-4-9(10)11/h2-5,10H,6-7,15H2,1H3. The van der Waals surface area contributed by atoms with Gasteiger partial charge >= 0.3 is 0 Å². The minimum atomic E-state index is -3.18. The van der Waals surface area contributed by atoms with Crippen molar-refractivity contribution in [1.82, 2.24) is 9.78 Å². The van der Waals surface area contributed by atoms with Crippen LogP contribution < -0.4 is 5.73 Å². The summed E-state index contributed by atoms with van der Waals surface area (Å²) in [5.41, 5.74) is 7.75. The number of hydrogen-bond acceptors (Lipinski definition) is 4. The van der Waals surface area contributed by atoms with Crippen molar-refractivity contribution in [3.63, 3.8) is 0 Å². The van der Waals surface area contributed by atoms with Gasteiger partial charge in [0.15, 0.2) is 9.84 Å². The van der Waals surface area contributed by atoms with E-state index in [0.29, 0.717) is 17.1 Å². The number of nitrogens with zero attached hydrogens (tertiary/aromatic N) is 2. The third-order valence-electron chi connectivity index (χ3n) is 3.62. The highest BCUT2D eigenvalue weighted by Gasteiger charge is 2.32. The van der Waals surface area contributed by atoms with Crippen LogP contribution in [0.1, 0.15) is 23.7 Å². The van der Waals surface area contributed by atoms with Crippen molar-refractivity contribution >= 4 is 38.2 Å². The van der Waals surface area contributed by atoms with Gasteiger partial charge in [-0.25, -0.2) is 13.1 Å². The number of sulfone groups is 1. The van der Waals surface area contributed by atoms with Gasteiger partial charge in [-0.05, 0) is 47.6 Å². The Balaban J connectivity index is 2.20. The van der Waals surface area contributed by atoms with E-state index in [0.717, 1.165) is 14.8 Å². The predicted octanol–water partition coefficient (Wildman–Crippen LogP) is 2.15. The fraction of sp³-hybridized carbons (Fsp3) is 0.308. The van der Waals surface area contributed by atoms with Gasteiger partial charge in [0, 0.05) is 0 Å². The molecule has 2 heterocycles. The lowest BCUT2D eigenvalue weighted by atomic mass is 10.0. The number of benzene rings is 1. The van der Waals surface area contributed by atoms with Crippen LogP contribution in [0.2, 0.25) is 0 Å². The lowest BCUT2D eigenvalue weighted by Crippen LogP contribution is -2.26. The number of nitrogen functional groups attached to an aromatic ring is 1. The van der Waals surface area contributed by atoms with Gasteiger partial charge < -0.3 is 5.73 Å². The summed E-state index contributed by atoms with van der Waals surface area (Å²) in [6.45, 7) is 1.90. The van der Waals surface area contributed by atoms with E-state index < -0.39 is 9.84 Å². The average molecular weight is 403 g/mol. The van der Waals surface area contributed by atoms with Gasteiger partial charge in [-0.1, -0.05) is 18.2 Å². The maximum atomic E-state index is 12.1. The van der Waals surface area contributed by atoms with E-state index in [9.17, 15) is 8.42 Å². The van der Waals surface area contributed by atoms with Gasteiger partial charge in [0.25, 0.3) is 0 Å². The Morgan fingerprint density at radius 1 is 1.40 bits per heavy atom. The minimum Gasteiger partial charge on any atom is -0.383 e. The van der Waals surface area contributed by atoms with E-state index in [-0.39, 0.29) is 11.8 Å². The Morgan fingerprint density at radius 2 is 2.10 bits per heavy atom. The van der Waals surface area contributed by atoms with Gasteiger partial charge in [0.2, 0.25) is 0 Å². The molecule has 1 aliphatic heterocycles. The number of anilines is 1. The number of aryl methyl sites for hydroxylation is 1. The molecule has 0 bridgehead atoms. The Morgan fingerprint density at radius 3 is 2.75 bits per heavy atom. The largest absolute Gasteiger partial charge is 0.383 e. The Labute approximate surface area is 131 Å². The third kappa shape index (κ3) is 2.03. The molecular weight excluding hydrogens is 389 g/mol. The highest BCUT2D eigenvalue weighted by atomic mass is 127. The highest BCUT2D eigenvalue weighted by molar-refractivity contribution is 14.1. The summed E-state index contributed by atoms with van der Waals surface area (Å²) >= 11 is 2.17. The highest BCUT2D eigenvalue weighted by Crippen LogP contribution is 2.36. The van der Waals surface area contributed by atoms with Gasteiger partial charge in [-0.3, -0.25) is 0 Å². The number of fused-ring (bicyclic) bond motifs is 1. The van der Waals surface area contributed by atoms with Crippen LogP contribution in [0.3, 0.4) is 0 Å². The van der Waals surface area contributed by atoms with Gasteiger partial charge in [0.1, 0.15) is 5.82 Å². The molecule has 7 heteroatoms. The number of halogens is 1. The summed E-state index contributed by atoms with van der Waals surface area (Å²) in [4.78, 5) is 0.402. The second-order valence-corrected chi connectivity index (χ2v) is 8.05. The van der Waals surface area contributed by atoms with E-state index in [4.69, 9.17) is 5.73 Å². The zero-order valence-corrected chi connectivity index (χ0v) is 13.8. The Hall–Kier alpha value is -1.09. The molecule has 1 atom stereocenters. The number of rotatable bonds is 1. The summed E-state index contributed by atoms with van der Waals surface area (Å²) in [7, 11) is -3.18. The normalized spacial score (nSPS) is 20.6. The molecule has 0 fully saturated rings. The number of hydrogen-bond donors (Lipinski definition) is 1. The van der Waals surface area contributed by atoms with Crippen LogP contribution in [-0.4, -0.2) is 24.0 Å². The van der Waals surface area contributed by atoms with E-state index >= 15 is 0 Å². The first kappa shape index (κ1) is 13.9. The molecule has 1 aliphatic rings. The summed E-state index contributed by atoms with van der Waals surface area (Å²) < 4.78 is 27.0. The fourth-order valence-corrected chi connectivity index (χ4v) is 4.57. The lowest BCUT2D eigenvalue weighted by molar-refractivity contribution is 0.487. The van der Waals surface area contributed by atoms with Crippen LogP contribution in [0.5, 0.6) is 0 Å². The molecule has 0 saturated carbocycles. The number of nitrogens with two attached hydrogens (primary N) is 1. The summed E-state index contributed by atoms with van der Waals surface area (Å²) in [5.74, 6) is 0.728. The fourth-order valence-electron chi connectivity index (χ4n) is 2.61. The first-order chi connectivity index (χ1) is 9.42. The maximum absolute atomic E-state index is 12.1. The van der Waals surface area contributed by atoms with E-state index in [1.54, 1.807) is 16.8 Å². The van der Waals surface area contributed by atoms with E-state index in [1.807, 2.05) is 19.1 Å². The van der Waals surface area contributed by atoms with E-state index in [2.05, 4.69) is 27.7 Å². The molecule has 1 aromatic carbocycles. The first-order valence-corrected chi connectivity index (χ1v) is 8.96. The summed E-state index contributed by atoms with van der Waals surface area (Å²) in [5, 5.41) is 4.47. The van der Waals surface area contributed by atoms with Gasteiger partial charge in [0.05, 0.1) is 26.0 Å². The molecule has 20 heavy (non-hydrogen) atoms. The molecule has 0 spiro atoms. The van der Waals surface area contributed by atoms with Crippen molar-refractivity contribution in [3.05, 3.63) is 39.1 Å². The topological polar surface area (TPSA) is 78.0 Å². The van der Waals surface area contributed by atoms with Crippen molar-refractivity contribution in [1.29, 1.82) is 0 Å². The zero-order valence-electron chi connectivity index (χ0n) is 10.9. The molecule has 0 saturated heterocycles. The average Bonchev–Trinajstić information content (AvgIpc) is 2.67. The van der Waals surface area contributed by atoms with Crippen molar-refractivity contribution in [3.8, 4) is 0 Å². The number of aromatic nitrogens is 2. The zero-order chi connectivity index (χ0) is 14.5. The second-order valence-electron chi connectivity index (χ2n) is 4.89. The smallest absolute Gasteiger partial charge is 0.178 e. The van der Waals surface area contributed by atoms with Crippen molar-refractivity contribution < 1.29 is 8.42 Å². The Bertz CT molecular complexity index is 783. The molecule has 1 aromatic heterocycles. The lowest BCUT2D eigenvalue weighted by Gasteiger charge is -2.26. The SMILES string of the molecule is Cc1nn(C2CCS(=O)(=O)c3ccccc32)c(N)c1I. The summed E-state index contributed by atoms with van der Waals surface area (Å²) in [6.07, 6.45) is 0.501. The quantitative estimate of drug-likeness (QED) is 0.741. The molecule has 2 aromatic rings. The van der Waals surface area contributed by atoms with Crippen LogP contribution in [-0.2, 0) is 9.84 Å². The molecule has 5 nitrogen and oxygen atoms in total. The monoisotopic (exact) mass is 403 g/mol. The molecule has 3 rings (SSSR count). The molecule has 0 radical (unpaired) electrons. The van der Waals surface area contributed by atoms with Gasteiger partial charge in [-0.2, -0.15) is 5.10 Å². The first-order valence-electron chi connectivity index (χ1n) is 6.23. The van der Waals surface area contributed by atoms with Crippen LogP contribution in [0.15, 0.2) is 29.2 Å². The van der Waals surface area contributed by atoms with Crippen molar-refractivity contribution in [2.24, 2.45) is 0 Å². The molecular formula is C13H14IN3O2S. The van der Waals surface area contributed by atoms with Crippen LogP contribution in [0, 0.1) is 10.5 Å². The molecule has 2 N–H and O–H groups in total. The molecule has 0 aliphatic carbocycles. The van der Waals surface area contributed by atoms with E-state index in [1.165, 1.54) is 0 Å². The van der Waals surface area contributed by atoms with Crippen molar-refractivity contribution in [2.45, 2.75) is 24.3 Å². The minimum absolute atomic E-state index is 0.114. The third-order valence-corrected chi connectivity index (χ3v) is 6.76. The molecule has 106 valence electrons. The molecule has 0 amide bonds. The maximum Gasteiger partial charge on any atom is 0.178 e.